The van der Waals surface area contributed by atoms with Crippen LogP contribution in [0.15, 0.2) is 0 Å². The summed E-state index contributed by atoms with van der Waals surface area (Å²) in [4.78, 5) is 22.1. The van der Waals surface area contributed by atoms with E-state index in [0.717, 1.165) is 18.6 Å². The van der Waals surface area contributed by atoms with Crippen molar-refractivity contribution in [1.29, 1.82) is 0 Å². The van der Waals surface area contributed by atoms with Gasteiger partial charge in [-0.05, 0) is 30.9 Å². The average Bonchev–Trinajstić information content (AvgIpc) is 3.09. The summed E-state index contributed by atoms with van der Waals surface area (Å²) in [6, 6.07) is 0. The summed E-state index contributed by atoms with van der Waals surface area (Å²) in [6.45, 7) is 2.40. The number of carboxylic acids is 1. The number of carboxylic acid groups (broad SMARTS) is 1. The van der Waals surface area contributed by atoms with Crippen LogP contribution in [-0.2, 0) is 9.53 Å². The fraction of sp³-hybridized carbons (Fsp3) is 0.833. The van der Waals surface area contributed by atoms with Crippen LogP contribution in [0.1, 0.15) is 39.0 Å². The largest absolute Gasteiger partial charge is 0.481 e. The Morgan fingerprint density at radius 2 is 2.22 bits per heavy atom. The van der Waals surface area contributed by atoms with Crippen molar-refractivity contribution in [2.75, 3.05) is 12.4 Å². The molecular weight excluding hydrogens is 254 g/mol. The quantitative estimate of drug-likeness (QED) is 0.499. The van der Waals surface area contributed by atoms with Crippen LogP contribution in [0.3, 0.4) is 0 Å². The number of rotatable bonds is 9. The molecule has 0 saturated heterocycles. The second kappa shape index (κ2) is 8.24. The Hall–Kier alpha value is -0.910. The van der Waals surface area contributed by atoms with Gasteiger partial charge >= 0.3 is 12.1 Å². The molecule has 1 fully saturated rings. The standard InChI is InChI=1S/C12H21NO4S/c1-2-3-6-17-12(16)13-10(7-11(14)15)18-8-9-4-5-9/h9-10H,2-8H2,1H3,(H,13,16)(H,14,15). The second-order valence-corrected chi connectivity index (χ2v) is 5.73. The van der Waals surface area contributed by atoms with E-state index >= 15 is 0 Å². The van der Waals surface area contributed by atoms with Crippen LogP contribution in [0, 0.1) is 5.92 Å². The van der Waals surface area contributed by atoms with Crippen molar-refractivity contribution >= 4 is 23.8 Å². The predicted molar refractivity (Wildman–Crippen MR) is 70.6 cm³/mol. The summed E-state index contributed by atoms with van der Waals surface area (Å²) in [7, 11) is 0. The van der Waals surface area contributed by atoms with Gasteiger partial charge in [-0.1, -0.05) is 13.3 Å². The lowest BCUT2D eigenvalue weighted by molar-refractivity contribution is -0.137. The molecule has 0 heterocycles. The molecule has 1 saturated carbocycles. The van der Waals surface area contributed by atoms with E-state index in [1.165, 1.54) is 24.6 Å². The summed E-state index contributed by atoms with van der Waals surface area (Å²) >= 11 is 1.50. The Kier molecular flexibility index (Phi) is 6.93. The molecule has 5 nitrogen and oxygen atoms in total. The number of ether oxygens (including phenoxy) is 1. The molecule has 1 aliphatic carbocycles. The van der Waals surface area contributed by atoms with Crippen molar-refractivity contribution < 1.29 is 19.4 Å². The number of alkyl carbamates (subject to hydrolysis) is 1. The van der Waals surface area contributed by atoms with Gasteiger partial charge in [0.1, 0.15) is 0 Å². The molecular formula is C12H21NO4S. The van der Waals surface area contributed by atoms with Crippen LogP contribution < -0.4 is 5.32 Å². The molecule has 1 amide bonds. The van der Waals surface area contributed by atoms with Crippen LogP contribution in [0.5, 0.6) is 0 Å². The lowest BCUT2D eigenvalue weighted by atomic mass is 10.4. The maximum absolute atomic E-state index is 11.4. The Labute approximate surface area is 112 Å². The number of aliphatic carboxylic acids is 1. The minimum atomic E-state index is -0.905. The zero-order valence-electron chi connectivity index (χ0n) is 10.7. The third-order valence-corrected chi connectivity index (χ3v) is 3.95. The van der Waals surface area contributed by atoms with Gasteiger partial charge in [-0.25, -0.2) is 4.79 Å². The molecule has 1 rings (SSSR count). The van der Waals surface area contributed by atoms with Gasteiger partial charge in [0.2, 0.25) is 0 Å². The van der Waals surface area contributed by atoms with Crippen molar-refractivity contribution in [3.05, 3.63) is 0 Å². The number of hydrogen-bond acceptors (Lipinski definition) is 4. The average molecular weight is 275 g/mol. The fourth-order valence-corrected chi connectivity index (χ4v) is 2.61. The molecule has 0 aromatic carbocycles. The monoisotopic (exact) mass is 275 g/mol. The van der Waals surface area contributed by atoms with Gasteiger partial charge in [0, 0.05) is 0 Å². The van der Waals surface area contributed by atoms with E-state index < -0.39 is 17.4 Å². The molecule has 0 aromatic heterocycles. The SMILES string of the molecule is CCCCOC(=O)NC(CC(=O)O)SCC1CC1. The van der Waals surface area contributed by atoms with Crippen molar-refractivity contribution in [2.45, 2.75) is 44.4 Å². The summed E-state index contributed by atoms with van der Waals surface area (Å²) < 4.78 is 4.96. The first-order chi connectivity index (χ1) is 8.61. The topological polar surface area (TPSA) is 75.6 Å². The number of amides is 1. The van der Waals surface area contributed by atoms with Crippen molar-refractivity contribution in [3.8, 4) is 0 Å². The fourth-order valence-electron chi connectivity index (χ4n) is 1.33. The zero-order chi connectivity index (χ0) is 13.4. The smallest absolute Gasteiger partial charge is 0.408 e. The van der Waals surface area contributed by atoms with Gasteiger partial charge in [0.15, 0.2) is 0 Å². The molecule has 0 aromatic rings. The van der Waals surface area contributed by atoms with Gasteiger partial charge in [0.05, 0.1) is 18.4 Å². The van der Waals surface area contributed by atoms with E-state index in [2.05, 4.69) is 5.32 Å². The first kappa shape index (κ1) is 15.1. The highest BCUT2D eigenvalue weighted by Gasteiger charge is 2.24. The van der Waals surface area contributed by atoms with Gasteiger partial charge < -0.3 is 15.2 Å². The minimum Gasteiger partial charge on any atom is -0.481 e. The molecule has 1 atom stereocenters. The second-order valence-electron chi connectivity index (χ2n) is 4.50. The first-order valence-electron chi connectivity index (χ1n) is 6.38. The molecule has 104 valence electrons. The molecule has 0 radical (unpaired) electrons. The molecule has 18 heavy (non-hydrogen) atoms. The number of carbonyl (C=O) groups is 2. The highest BCUT2D eigenvalue weighted by Crippen LogP contribution is 2.33. The Bertz CT molecular complexity index is 281. The van der Waals surface area contributed by atoms with E-state index in [9.17, 15) is 9.59 Å². The number of carbonyl (C=O) groups excluding carboxylic acids is 1. The first-order valence-corrected chi connectivity index (χ1v) is 7.43. The highest BCUT2D eigenvalue weighted by molar-refractivity contribution is 7.99. The molecule has 0 aliphatic heterocycles. The van der Waals surface area contributed by atoms with Crippen molar-refractivity contribution in [3.63, 3.8) is 0 Å². The summed E-state index contributed by atoms with van der Waals surface area (Å²) in [6.07, 6.45) is 3.63. The molecule has 0 spiro atoms. The molecule has 1 unspecified atom stereocenters. The van der Waals surface area contributed by atoms with E-state index in [1.807, 2.05) is 6.92 Å². The number of unbranched alkanes of at least 4 members (excludes halogenated alkanes) is 1. The minimum absolute atomic E-state index is 0.0692. The van der Waals surface area contributed by atoms with Crippen LogP contribution in [-0.4, -0.2) is 34.9 Å². The van der Waals surface area contributed by atoms with Crippen LogP contribution in [0.25, 0.3) is 0 Å². The molecule has 1 aliphatic rings. The third kappa shape index (κ3) is 7.42. The summed E-state index contributed by atoms with van der Waals surface area (Å²) in [5, 5.41) is 11.0. The van der Waals surface area contributed by atoms with Gasteiger partial charge in [-0.3, -0.25) is 4.79 Å². The van der Waals surface area contributed by atoms with Gasteiger partial charge in [0.25, 0.3) is 0 Å². The Morgan fingerprint density at radius 1 is 1.50 bits per heavy atom. The third-order valence-electron chi connectivity index (χ3n) is 2.60. The summed E-state index contributed by atoms with van der Waals surface area (Å²) in [5.74, 6) is 0.703. The zero-order valence-corrected chi connectivity index (χ0v) is 11.5. The normalized spacial score (nSPS) is 16.1. The molecule has 2 N–H and O–H groups in total. The number of hydrogen-bond donors (Lipinski definition) is 2. The highest BCUT2D eigenvalue weighted by atomic mass is 32.2. The molecule has 0 bridgehead atoms. The van der Waals surface area contributed by atoms with Crippen LogP contribution >= 0.6 is 11.8 Å². The Balaban J connectivity index is 2.23. The van der Waals surface area contributed by atoms with Crippen LogP contribution in [0.2, 0.25) is 0 Å². The van der Waals surface area contributed by atoms with Gasteiger partial charge in [-0.2, -0.15) is 0 Å². The van der Waals surface area contributed by atoms with Crippen LogP contribution in [0.4, 0.5) is 4.79 Å². The number of thioether (sulfide) groups is 1. The maximum atomic E-state index is 11.4. The lowest BCUT2D eigenvalue weighted by Crippen LogP contribution is -2.35. The Morgan fingerprint density at radius 3 is 2.78 bits per heavy atom. The summed E-state index contributed by atoms with van der Waals surface area (Å²) in [5.41, 5.74) is 0. The number of nitrogens with one attached hydrogen (secondary N) is 1. The van der Waals surface area contributed by atoms with E-state index in [-0.39, 0.29) is 6.42 Å². The predicted octanol–water partition coefficient (Wildman–Crippen LogP) is 2.46. The van der Waals surface area contributed by atoms with E-state index in [0.29, 0.717) is 12.5 Å². The van der Waals surface area contributed by atoms with E-state index in [4.69, 9.17) is 9.84 Å². The lowest BCUT2D eigenvalue weighted by Gasteiger charge is -2.16. The molecule has 6 heteroatoms. The van der Waals surface area contributed by atoms with Crippen molar-refractivity contribution in [2.24, 2.45) is 5.92 Å². The van der Waals surface area contributed by atoms with Gasteiger partial charge in [-0.15, -0.1) is 11.8 Å². The van der Waals surface area contributed by atoms with E-state index in [1.54, 1.807) is 0 Å². The van der Waals surface area contributed by atoms with Crippen molar-refractivity contribution in [1.82, 2.24) is 5.32 Å². The maximum Gasteiger partial charge on any atom is 0.408 e.